The van der Waals surface area contributed by atoms with Crippen molar-refractivity contribution in [1.29, 1.82) is 0 Å². The van der Waals surface area contributed by atoms with Crippen molar-refractivity contribution in [3.8, 4) is 5.75 Å². The molecule has 3 rings (SSSR count). The van der Waals surface area contributed by atoms with Gasteiger partial charge in [-0.1, -0.05) is 25.5 Å². The van der Waals surface area contributed by atoms with Crippen LogP contribution < -0.4 is 10.1 Å². The van der Waals surface area contributed by atoms with Gasteiger partial charge in [0, 0.05) is 31.6 Å². The lowest BCUT2D eigenvalue weighted by Gasteiger charge is -2.39. The predicted octanol–water partition coefficient (Wildman–Crippen LogP) is 3.21. The number of amides is 1. The minimum absolute atomic E-state index is 0.343. The average Bonchev–Trinajstić information content (AvgIpc) is 3.46. The molecule has 1 aromatic carbocycles. The second-order valence-electron chi connectivity index (χ2n) is 7.08. The summed E-state index contributed by atoms with van der Waals surface area (Å²) in [5.41, 5.74) is 1.28. The van der Waals surface area contributed by atoms with Crippen molar-refractivity contribution in [3.63, 3.8) is 0 Å². The van der Waals surface area contributed by atoms with Crippen molar-refractivity contribution in [2.24, 2.45) is 11.8 Å². The SMILES string of the molecule is CCOc1ccc(CN[C@@H]2CCN(C(=O)C3CC3)C[C@H]2CC)cc1. The van der Waals surface area contributed by atoms with Crippen molar-refractivity contribution < 1.29 is 9.53 Å². The minimum Gasteiger partial charge on any atom is -0.494 e. The number of carbonyl (C=O) groups is 1. The van der Waals surface area contributed by atoms with Gasteiger partial charge in [0.05, 0.1) is 6.61 Å². The Kier molecular flexibility index (Phi) is 5.77. The van der Waals surface area contributed by atoms with E-state index in [2.05, 4.69) is 29.3 Å². The standard InChI is InChI=1S/C20H30N2O2/c1-3-16-14-22(20(23)17-7-8-17)12-11-19(16)21-13-15-5-9-18(10-6-15)24-4-2/h5-6,9-10,16-17,19,21H,3-4,7-8,11-14H2,1-2H3/t16-,19-/m1/s1. The summed E-state index contributed by atoms with van der Waals surface area (Å²) in [6.07, 6.45) is 4.39. The van der Waals surface area contributed by atoms with Gasteiger partial charge in [-0.3, -0.25) is 4.79 Å². The molecule has 1 heterocycles. The molecule has 1 amide bonds. The number of nitrogens with zero attached hydrogens (tertiary/aromatic N) is 1. The number of carbonyl (C=O) groups excluding carboxylic acids is 1. The van der Waals surface area contributed by atoms with Gasteiger partial charge < -0.3 is 15.0 Å². The first-order valence-electron chi connectivity index (χ1n) is 9.45. The molecule has 1 saturated heterocycles. The van der Waals surface area contributed by atoms with Crippen LogP contribution in [0, 0.1) is 11.8 Å². The zero-order valence-corrected chi connectivity index (χ0v) is 15.0. The van der Waals surface area contributed by atoms with Crippen LogP contribution in [0.3, 0.4) is 0 Å². The zero-order chi connectivity index (χ0) is 16.9. The van der Waals surface area contributed by atoms with E-state index in [9.17, 15) is 4.79 Å². The lowest BCUT2D eigenvalue weighted by Crippen LogP contribution is -2.51. The van der Waals surface area contributed by atoms with Gasteiger partial charge in [0.2, 0.25) is 5.91 Å². The van der Waals surface area contributed by atoms with E-state index < -0.39 is 0 Å². The molecule has 24 heavy (non-hydrogen) atoms. The molecule has 2 fully saturated rings. The molecule has 1 aliphatic carbocycles. The number of nitrogens with one attached hydrogen (secondary N) is 1. The molecule has 0 radical (unpaired) electrons. The van der Waals surface area contributed by atoms with Crippen molar-refractivity contribution in [3.05, 3.63) is 29.8 Å². The number of rotatable bonds is 7. The normalized spacial score (nSPS) is 24.0. The number of benzene rings is 1. The molecular formula is C20H30N2O2. The quantitative estimate of drug-likeness (QED) is 0.835. The number of hydrogen-bond acceptors (Lipinski definition) is 3. The van der Waals surface area contributed by atoms with Crippen LogP contribution >= 0.6 is 0 Å². The molecule has 0 aromatic heterocycles. The lowest BCUT2D eigenvalue weighted by atomic mass is 9.89. The first-order valence-corrected chi connectivity index (χ1v) is 9.45. The fourth-order valence-electron chi connectivity index (χ4n) is 3.62. The Balaban J connectivity index is 1.50. The smallest absolute Gasteiger partial charge is 0.225 e. The molecule has 1 aromatic rings. The Morgan fingerprint density at radius 1 is 1.21 bits per heavy atom. The van der Waals surface area contributed by atoms with Gasteiger partial charge in [-0.25, -0.2) is 0 Å². The van der Waals surface area contributed by atoms with Crippen LogP contribution in [-0.4, -0.2) is 36.5 Å². The number of ether oxygens (including phenoxy) is 1. The molecule has 1 N–H and O–H groups in total. The molecular weight excluding hydrogens is 300 g/mol. The molecule has 4 heteroatoms. The van der Waals surface area contributed by atoms with E-state index in [-0.39, 0.29) is 0 Å². The number of hydrogen-bond donors (Lipinski definition) is 1. The second kappa shape index (κ2) is 8.02. The van der Waals surface area contributed by atoms with E-state index in [1.807, 2.05) is 19.1 Å². The third-order valence-electron chi connectivity index (χ3n) is 5.30. The molecule has 132 valence electrons. The Morgan fingerprint density at radius 3 is 2.58 bits per heavy atom. The number of piperidine rings is 1. The Morgan fingerprint density at radius 2 is 1.96 bits per heavy atom. The van der Waals surface area contributed by atoms with Gasteiger partial charge in [-0.15, -0.1) is 0 Å². The van der Waals surface area contributed by atoms with Crippen LogP contribution in [-0.2, 0) is 11.3 Å². The van der Waals surface area contributed by atoms with Gasteiger partial charge in [-0.05, 0) is 49.8 Å². The van der Waals surface area contributed by atoms with Crippen LogP contribution in [0.5, 0.6) is 5.75 Å². The molecule has 0 unspecified atom stereocenters. The Bertz CT molecular complexity index is 539. The maximum Gasteiger partial charge on any atom is 0.225 e. The lowest BCUT2D eigenvalue weighted by molar-refractivity contribution is -0.134. The van der Waals surface area contributed by atoms with Crippen LogP contribution in [0.4, 0.5) is 0 Å². The van der Waals surface area contributed by atoms with Gasteiger partial charge >= 0.3 is 0 Å². The maximum absolute atomic E-state index is 12.3. The largest absolute Gasteiger partial charge is 0.494 e. The highest BCUT2D eigenvalue weighted by molar-refractivity contribution is 5.81. The Labute approximate surface area is 145 Å². The summed E-state index contributed by atoms with van der Waals surface area (Å²) in [5.74, 6) is 2.23. The van der Waals surface area contributed by atoms with E-state index in [0.29, 0.717) is 30.4 Å². The van der Waals surface area contributed by atoms with Gasteiger partial charge in [0.25, 0.3) is 0 Å². The maximum atomic E-state index is 12.3. The van der Waals surface area contributed by atoms with Gasteiger partial charge in [0.15, 0.2) is 0 Å². The monoisotopic (exact) mass is 330 g/mol. The predicted molar refractivity (Wildman–Crippen MR) is 95.9 cm³/mol. The average molecular weight is 330 g/mol. The van der Waals surface area contributed by atoms with E-state index in [1.165, 1.54) is 5.56 Å². The second-order valence-corrected chi connectivity index (χ2v) is 7.08. The summed E-state index contributed by atoms with van der Waals surface area (Å²) in [6, 6.07) is 8.84. The summed E-state index contributed by atoms with van der Waals surface area (Å²) in [7, 11) is 0. The highest BCUT2D eigenvalue weighted by atomic mass is 16.5. The molecule has 2 atom stereocenters. The first-order chi connectivity index (χ1) is 11.7. The molecule has 2 aliphatic rings. The fourth-order valence-corrected chi connectivity index (χ4v) is 3.62. The molecule has 1 aliphatic heterocycles. The van der Waals surface area contributed by atoms with Gasteiger partial charge in [-0.2, -0.15) is 0 Å². The van der Waals surface area contributed by atoms with Crippen molar-refractivity contribution >= 4 is 5.91 Å². The first kappa shape index (κ1) is 17.3. The van der Waals surface area contributed by atoms with Crippen molar-refractivity contribution in [2.45, 2.75) is 52.1 Å². The third-order valence-corrected chi connectivity index (χ3v) is 5.30. The van der Waals surface area contributed by atoms with Crippen LogP contribution in [0.1, 0.15) is 45.1 Å². The summed E-state index contributed by atoms with van der Waals surface area (Å²) in [5, 5.41) is 3.72. The highest BCUT2D eigenvalue weighted by Gasteiger charge is 2.37. The fraction of sp³-hybridized carbons (Fsp3) is 0.650. The van der Waals surface area contributed by atoms with E-state index >= 15 is 0 Å². The zero-order valence-electron chi connectivity index (χ0n) is 15.0. The molecule has 4 nitrogen and oxygen atoms in total. The van der Waals surface area contributed by atoms with Crippen LogP contribution in [0.15, 0.2) is 24.3 Å². The summed E-state index contributed by atoms with van der Waals surface area (Å²) in [4.78, 5) is 14.4. The minimum atomic E-state index is 0.343. The van der Waals surface area contributed by atoms with Crippen molar-refractivity contribution in [1.82, 2.24) is 10.2 Å². The van der Waals surface area contributed by atoms with E-state index in [4.69, 9.17) is 4.74 Å². The third kappa shape index (κ3) is 4.29. The van der Waals surface area contributed by atoms with Crippen molar-refractivity contribution in [2.75, 3.05) is 19.7 Å². The number of likely N-dealkylation sites (tertiary alicyclic amines) is 1. The van der Waals surface area contributed by atoms with E-state index in [0.717, 1.165) is 51.1 Å². The van der Waals surface area contributed by atoms with Crippen LogP contribution in [0.25, 0.3) is 0 Å². The summed E-state index contributed by atoms with van der Waals surface area (Å²) < 4.78 is 5.49. The Hall–Kier alpha value is -1.55. The molecule has 0 spiro atoms. The molecule has 1 saturated carbocycles. The highest BCUT2D eigenvalue weighted by Crippen LogP contribution is 2.33. The topological polar surface area (TPSA) is 41.6 Å². The summed E-state index contributed by atoms with van der Waals surface area (Å²) in [6.45, 7) is 7.65. The molecule has 0 bridgehead atoms. The van der Waals surface area contributed by atoms with Crippen LogP contribution in [0.2, 0.25) is 0 Å². The van der Waals surface area contributed by atoms with Gasteiger partial charge in [0.1, 0.15) is 5.75 Å². The van der Waals surface area contributed by atoms with E-state index in [1.54, 1.807) is 0 Å². The summed E-state index contributed by atoms with van der Waals surface area (Å²) >= 11 is 0.